The number of esters is 1. The molecule has 2 aliphatic rings. The van der Waals surface area contributed by atoms with E-state index < -0.39 is 16.8 Å². The average Bonchev–Trinajstić information content (AvgIpc) is 3.42. The van der Waals surface area contributed by atoms with Gasteiger partial charge in [-0.05, 0) is 43.5 Å². The van der Waals surface area contributed by atoms with Gasteiger partial charge in [-0.3, -0.25) is 14.9 Å². The number of carbonyl (C=O) groups is 2. The van der Waals surface area contributed by atoms with Crippen LogP contribution < -0.4 is 5.32 Å². The van der Waals surface area contributed by atoms with Crippen LogP contribution in [-0.2, 0) is 20.9 Å². The van der Waals surface area contributed by atoms with Crippen molar-refractivity contribution in [1.82, 2.24) is 5.32 Å². The lowest BCUT2D eigenvalue weighted by atomic mass is 9.72. The lowest BCUT2D eigenvalue weighted by Crippen LogP contribution is -2.36. The molecular formula is C29H26N2O6. The number of hydrogen-bond donors (Lipinski definition) is 1. The van der Waals surface area contributed by atoms with Gasteiger partial charge >= 0.3 is 5.97 Å². The summed E-state index contributed by atoms with van der Waals surface area (Å²) in [5.41, 5.74) is 3.73. The second kappa shape index (κ2) is 9.89. The lowest BCUT2D eigenvalue weighted by Gasteiger charge is -2.36. The van der Waals surface area contributed by atoms with Gasteiger partial charge in [-0.1, -0.05) is 42.5 Å². The topological polar surface area (TPSA) is 112 Å². The van der Waals surface area contributed by atoms with Crippen LogP contribution in [0.25, 0.3) is 0 Å². The number of aryl methyl sites for hydroxylation is 1. The quantitative estimate of drug-likeness (QED) is 0.267. The Morgan fingerprint density at radius 2 is 1.89 bits per heavy atom. The first-order chi connectivity index (χ1) is 17.8. The van der Waals surface area contributed by atoms with E-state index in [1.54, 1.807) is 38.3 Å². The molecule has 0 amide bonds. The molecule has 3 aromatic rings. The van der Waals surface area contributed by atoms with Gasteiger partial charge in [0.15, 0.2) is 5.78 Å². The van der Waals surface area contributed by atoms with Crippen LogP contribution in [0.1, 0.15) is 54.1 Å². The summed E-state index contributed by atoms with van der Waals surface area (Å²) in [4.78, 5) is 38.4. The highest BCUT2D eigenvalue weighted by Gasteiger charge is 2.42. The normalized spacial score (nSPS) is 19.4. The summed E-state index contributed by atoms with van der Waals surface area (Å²) >= 11 is 0. The maximum atomic E-state index is 13.6. The van der Waals surface area contributed by atoms with Crippen LogP contribution in [0.2, 0.25) is 0 Å². The summed E-state index contributed by atoms with van der Waals surface area (Å²) in [5.74, 6) is -0.914. The van der Waals surface area contributed by atoms with Crippen molar-refractivity contribution in [3.05, 3.63) is 122 Å². The number of benzene rings is 2. The van der Waals surface area contributed by atoms with Gasteiger partial charge in [0.1, 0.15) is 12.4 Å². The molecule has 0 bridgehead atoms. The fourth-order valence-corrected chi connectivity index (χ4v) is 5.17. The fraction of sp³-hybridized carbons (Fsp3) is 0.241. The van der Waals surface area contributed by atoms with E-state index >= 15 is 0 Å². The van der Waals surface area contributed by atoms with Crippen molar-refractivity contribution >= 4 is 17.4 Å². The Morgan fingerprint density at radius 1 is 1.11 bits per heavy atom. The van der Waals surface area contributed by atoms with Crippen molar-refractivity contribution in [3.8, 4) is 0 Å². The number of ketones is 1. The van der Waals surface area contributed by atoms with Crippen LogP contribution in [0.5, 0.6) is 0 Å². The number of carbonyl (C=O) groups excluding carboxylic acids is 2. The average molecular weight is 499 g/mol. The van der Waals surface area contributed by atoms with Gasteiger partial charge in [0.05, 0.1) is 16.8 Å². The van der Waals surface area contributed by atoms with Crippen molar-refractivity contribution in [1.29, 1.82) is 0 Å². The number of nitro benzene ring substituents is 1. The van der Waals surface area contributed by atoms with Crippen LogP contribution >= 0.6 is 0 Å². The highest BCUT2D eigenvalue weighted by molar-refractivity contribution is 6.04. The molecule has 1 aromatic heterocycles. The summed E-state index contributed by atoms with van der Waals surface area (Å²) in [5, 5.41) is 15.0. The number of nitrogens with one attached hydrogen (secondary N) is 1. The predicted octanol–water partition coefficient (Wildman–Crippen LogP) is 5.60. The summed E-state index contributed by atoms with van der Waals surface area (Å²) in [6.45, 7) is 3.49. The zero-order chi connectivity index (χ0) is 26.1. The molecule has 0 fully saturated rings. The number of allylic oxidation sites excluding steroid dienone is 3. The molecule has 0 radical (unpaired) electrons. The van der Waals surface area contributed by atoms with Crippen molar-refractivity contribution in [3.63, 3.8) is 0 Å². The Kier molecular flexibility index (Phi) is 6.48. The van der Waals surface area contributed by atoms with E-state index in [1.165, 1.54) is 6.07 Å². The number of hydrogen-bond acceptors (Lipinski definition) is 7. The minimum Gasteiger partial charge on any atom is -0.469 e. The smallest absolute Gasteiger partial charge is 0.337 e. The van der Waals surface area contributed by atoms with Gasteiger partial charge in [-0.15, -0.1) is 0 Å². The van der Waals surface area contributed by atoms with E-state index in [0.29, 0.717) is 34.5 Å². The second-order valence-electron chi connectivity index (χ2n) is 9.40. The lowest BCUT2D eigenvalue weighted by molar-refractivity contribution is -0.385. The van der Waals surface area contributed by atoms with Crippen molar-refractivity contribution in [2.24, 2.45) is 0 Å². The third kappa shape index (κ3) is 4.70. The Bertz CT molecular complexity index is 1440. The monoisotopic (exact) mass is 498 g/mol. The zero-order valence-electron chi connectivity index (χ0n) is 20.5. The first kappa shape index (κ1) is 24.2. The maximum absolute atomic E-state index is 13.6. The molecule has 5 rings (SSSR count). The van der Waals surface area contributed by atoms with E-state index in [1.807, 2.05) is 36.4 Å². The van der Waals surface area contributed by atoms with Gasteiger partial charge in [0.2, 0.25) is 0 Å². The molecule has 188 valence electrons. The fourth-order valence-electron chi connectivity index (χ4n) is 5.17. The van der Waals surface area contributed by atoms with E-state index in [2.05, 4.69) is 5.32 Å². The van der Waals surface area contributed by atoms with Gasteiger partial charge in [0.25, 0.3) is 5.69 Å². The third-order valence-electron chi connectivity index (χ3n) is 6.97. The van der Waals surface area contributed by atoms with Crippen molar-refractivity contribution in [2.45, 2.75) is 45.1 Å². The number of nitro groups is 1. The summed E-state index contributed by atoms with van der Waals surface area (Å²) in [6, 6.07) is 17.8. The predicted molar refractivity (Wildman–Crippen MR) is 135 cm³/mol. The Labute approximate surface area is 213 Å². The maximum Gasteiger partial charge on any atom is 0.337 e. The highest BCUT2D eigenvalue weighted by atomic mass is 16.6. The van der Waals surface area contributed by atoms with Gasteiger partial charge < -0.3 is 14.5 Å². The minimum absolute atomic E-state index is 0.0652. The minimum atomic E-state index is -0.788. The molecular weight excluding hydrogens is 472 g/mol. The standard InChI is InChI=1S/C29H26N2O6/c1-17-10-11-20(14-23(17)31(34)35)27-26(29(33)37-16-19-7-4-3-5-8-19)18(2)30-22-13-21(15-24(32)28(22)27)25-9-6-12-36-25/h3-12,14,21,27,30H,13,15-16H2,1-2H3. The van der Waals surface area contributed by atoms with Crippen molar-refractivity contribution in [2.75, 3.05) is 0 Å². The van der Waals surface area contributed by atoms with Crippen LogP contribution in [0, 0.1) is 17.0 Å². The molecule has 2 atom stereocenters. The molecule has 1 aliphatic heterocycles. The molecule has 2 unspecified atom stereocenters. The first-order valence-corrected chi connectivity index (χ1v) is 12.1. The van der Waals surface area contributed by atoms with Gasteiger partial charge in [0, 0.05) is 46.9 Å². The summed E-state index contributed by atoms with van der Waals surface area (Å²) < 4.78 is 11.2. The molecule has 8 heteroatoms. The van der Waals surface area contributed by atoms with Gasteiger partial charge in [-0.25, -0.2) is 4.79 Å². The number of rotatable bonds is 6. The Hall–Kier alpha value is -4.46. The van der Waals surface area contributed by atoms with Gasteiger partial charge in [-0.2, -0.15) is 0 Å². The molecule has 2 heterocycles. The van der Waals surface area contributed by atoms with E-state index in [9.17, 15) is 19.7 Å². The molecule has 0 saturated carbocycles. The number of Topliss-reactive ketones (excluding diaryl/α,β-unsaturated/α-hetero) is 1. The van der Waals surface area contributed by atoms with Crippen LogP contribution in [0.4, 0.5) is 5.69 Å². The van der Waals surface area contributed by atoms with E-state index in [4.69, 9.17) is 9.15 Å². The largest absolute Gasteiger partial charge is 0.469 e. The zero-order valence-corrected chi connectivity index (χ0v) is 20.5. The Balaban J connectivity index is 1.57. The molecule has 37 heavy (non-hydrogen) atoms. The van der Waals surface area contributed by atoms with Crippen molar-refractivity contribution < 1.29 is 23.7 Å². The Morgan fingerprint density at radius 3 is 2.59 bits per heavy atom. The van der Waals surface area contributed by atoms with Crippen LogP contribution in [-0.4, -0.2) is 16.7 Å². The third-order valence-corrected chi connectivity index (χ3v) is 6.97. The number of furan rings is 1. The van der Waals surface area contributed by atoms with E-state index in [0.717, 1.165) is 11.3 Å². The molecule has 1 aliphatic carbocycles. The molecule has 2 aromatic carbocycles. The number of ether oxygens (including phenoxy) is 1. The first-order valence-electron chi connectivity index (χ1n) is 12.1. The summed E-state index contributed by atoms with van der Waals surface area (Å²) in [6.07, 6.45) is 2.31. The highest BCUT2D eigenvalue weighted by Crippen LogP contribution is 2.46. The number of dihydropyridines is 1. The molecule has 8 nitrogen and oxygen atoms in total. The molecule has 0 saturated heterocycles. The molecule has 1 N–H and O–H groups in total. The van der Waals surface area contributed by atoms with Crippen LogP contribution in [0.3, 0.4) is 0 Å². The summed E-state index contributed by atoms with van der Waals surface area (Å²) in [7, 11) is 0. The van der Waals surface area contributed by atoms with E-state index in [-0.39, 0.29) is 36.0 Å². The second-order valence-corrected chi connectivity index (χ2v) is 9.40. The van der Waals surface area contributed by atoms with Crippen LogP contribution in [0.15, 0.2) is 93.9 Å². The molecule has 0 spiro atoms. The number of nitrogens with zero attached hydrogens (tertiary/aromatic N) is 1. The SMILES string of the molecule is CC1=C(C(=O)OCc2ccccc2)C(c2ccc(C)c([N+](=O)[O-])c2)C2=C(CC(c3ccco3)CC2=O)N1.